The van der Waals surface area contributed by atoms with Gasteiger partial charge >= 0.3 is 0 Å². The number of hydrogen-bond donors (Lipinski definition) is 0. The quantitative estimate of drug-likeness (QED) is 0.491. The van der Waals surface area contributed by atoms with Crippen molar-refractivity contribution in [1.29, 1.82) is 5.26 Å². The van der Waals surface area contributed by atoms with E-state index in [1.165, 1.54) is 51.4 Å². The van der Waals surface area contributed by atoms with Gasteiger partial charge in [0.25, 0.3) is 0 Å². The summed E-state index contributed by atoms with van der Waals surface area (Å²) in [6.07, 6.45) is 14.7. The Balaban J connectivity index is 0.00000324. The highest BCUT2D eigenvalue weighted by molar-refractivity contribution is 5.21. The number of nitriles is 1. The lowest BCUT2D eigenvalue weighted by Crippen LogP contribution is -3.00. The molecule has 0 unspecified atom stereocenters. The Morgan fingerprint density at radius 1 is 1.05 bits per heavy atom. The zero-order chi connectivity index (χ0) is 13.1. The Morgan fingerprint density at radius 2 is 1.68 bits per heavy atom. The summed E-state index contributed by atoms with van der Waals surface area (Å²) in [6, 6.07) is 5.98. The Kier molecular flexibility index (Phi) is 11.6. The summed E-state index contributed by atoms with van der Waals surface area (Å²) in [7, 11) is 0. The SMILES string of the molecule is CCCCCCCCCC[n+]1cccc(C#N)c1.[Br-]. The predicted octanol–water partition coefficient (Wildman–Crippen LogP) is 0.990. The highest BCUT2D eigenvalue weighted by atomic mass is 79.9. The minimum Gasteiger partial charge on any atom is -1.00 e. The number of aryl methyl sites for hydroxylation is 1. The third-order valence-corrected chi connectivity index (χ3v) is 3.26. The second-order valence-corrected chi connectivity index (χ2v) is 4.92. The van der Waals surface area contributed by atoms with Gasteiger partial charge in [0.15, 0.2) is 12.4 Å². The molecule has 0 atom stereocenters. The van der Waals surface area contributed by atoms with Gasteiger partial charge < -0.3 is 17.0 Å². The molecule has 0 aliphatic carbocycles. The van der Waals surface area contributed by atoms with E-state index in [4.69, 9.17) is 5.26 Å². The van der Waals surface area contributed by atoms with Crippen molar-refractivity contribution in [2.24, 2.45) is 0 Å². The van der Waals surface area contributed by atoms with E-state index in [-0.39, 0.29) is 17.0 Å². The van der Waals surface area contributed by atoms with Gasteiger partial charge in [0.2, 0.25) is 0 Å². The van der Waals surface area contributed by atoms with E-state index < -0.39 is 0 Å². The van der Waals surface area contributed by atoms with Crippen LogP contribution in [0.5, 0.6) is 0 Å². The van der Waals surface area contributed by atoms with E-state index in [0.29, 0.717) is 0 Å². The van der Waals surface area contributed by atoms with Gasteiger partial charge in [-0.15, -0.1) is 0 Å². The van der Waals surface area contributed by atoms with E-state index >= 15 is 0 Å². The lowest BCUT2D eigenvalue weighted by Gasteiger charge is -2.00. The minimum absolute atomic E-state index is 0. The first-order valence-electron chi connectivity index (χ1n) is 7.26. The molecule has 1 rings (SSSR count). The van der Waals surface area contributed by atoms with Crippen LogP contribution in [0.1, 0.15) is 63.9 Å². The monoisotopic (exact) mass is 324 g/mol. The average molecular weight is 325 g/mol. The molecule has 106 valence electrons. The number of halogens is 1. The average Bonchev–Trinajstić information content (AvgIpc) is 2.42. The molecule has 0 saturated carbocycles. The maximum atomic E-state index is 8.81. The van der Waals surface area contributed by atoms with Crippen molar-refractivity contribution in [3.63, 3.8) is 0 Å². The van der Waals surface area contributed by atoms with Gasteiger partial charge in [0.1, 0.15) is 18.2 Å². The van der Waals surface area contributed by atoms with Gasteiger partial charge in [-0.3, -0.25) is 0 Å². The fourth-order valence-corrected chi connectivity index (χ4v) is 2.16. The van der Waals surface area contributed by atoms with E-state index in [0.717, 1.165) is 12.1 Å². The summed E-state index contributed by atoms with van der Waals surface area (Å²) in [5.41, 5.74) is 0.747. The van der Waals surface area contributed by atoms with Crippen molar-refractivity contribution in [2.45, 2.75) is 64.8 Å². The predicted molar refractivity (Wildman–Crippen MR) is 74.0 cm³/mol. The number of rotatable bonds is 9. The smallest absolute Gasteiger partial charge is 0.186 e. The van der Waals surface area contributed by atoms with Crippen molar-refractivity contribution in [1.82, 2.24) is 0 Å². The van der Waals surface area contributed by atoms with Crippen molar-refractivity contribution in [3.05, 3.63) is 30.1 Å². The second-order valence-electron chi connectivity index (χ2n) is 4.92. The molecular weight excluding hydrogens is 300 g/mol. The molecule has 0 fully saturated rings. The Bertz CT molecular complexity index is 371. The molecule has 0 spiro atoms. The Labute approximate surface area is 128 Å². The number of aromatic nitrogens is 1. The van der Waals surface area contributed by atoms with Crippen LogP contribution in [0, 0.1) is 11.3 Å². The molecule has 0 aromatic carbocycles. The highest BCUT2D eigenvalue weighted by Crippen LogP contribution is 2.08. The van der Waals surface area contributed by atoms with E-state index in [1.54, 1.807) is 0 Å². The third-order valence-electron chi connectivity index (χ3n) is 3.26. The molecule has 0 aliphatic heterocycles. The summed E-state index contributed by atoms with van der Waals surface area (Å²) in [6.45, 7) is 3.29. The number of unbranched alkanes of at least 4 members (excludes halogenated alkanes) is 7. The van der Waals surface area contributed by atoms with E-state index in [2.05, 4.69) is 17.6 Å². The minimum atomic E-state index is 0. The van der Waals surface area contributed by atoms with Gasteiger partial charge in [-0.05, 0) is 12.5 Å². The number of nitrogens with zero attached hydrogens (tertiary/aromatic N) is 2. The molecule has 19 heavy (non-hydrogen) atoms. The van der Waals surface area contributed by atoms with Crippen LogP contribution in [-0.4, -0.2) is 0 Å². The van der Waals surface area contributed by atoms with Gasteiger partial charge in [0, 0.05) is 12.5 Å². The molecule has 0 amide bonds. The molecule has 0 saturated heterocycles. The Hall–Kier alpha value is -0.880. The maximum absolute atomic E-state index is 8.81. The summed E-state index contributed by atoms with van der Waals surface area (Å²) in [4.78, 5) is 0. The zero-order valence-electron chi connectivity index (χ0n) is 11.9. The van der Waals surface area contributed by atoms with Gasteiger partial charge in [-0.25, -0.2) is 4.57 Å². The van der Waals surface area contributed by atoms with Crippen LogP contribution >= 0.6 is 0 Å². The van der Waals surface area contributed by atoms with Crippen LogP contribution in [0.25, 0.3) is 0 Å². The zero-order valence-corrected chi connectivity index (χ0v) is 13.5. The second kappa shape index (κ2) is 12.2. The van der Waals surface area contributed by atoms with Crippen molar-refractivity contribution < 1.29 is 21.5 Å². The van der Waals surface area contributed by atoms with Crippen LogP contribution in [0.2, 0.25) is 0 Å². The third kappa shape index (κ3) is 8.77. The molecule has 3 heteroatoms. The molecule has 1 heterocycles. The summed E-state index contributed by atoms with van der Waals surface area (Å²) in [5.74, 6) is 0. The van der Waals surface area contributed by atoms with Gasteiger partial charge in [-0.1, -0.05) is 45.4 Å². The van der Waals surface area contributed by atoms with Crippen molar-refractivity contribution in [3.8, 4) is 6.07 Å². The molecule has 0 N–H and O–H groups in total. The first kappa shape index (κ1) is 18.1. The van der Waals surface area contributed by atoms with Crippen LogP contribution in [0.4, 0.5) is 0 Å². The van der Waals surface area contributed by atoms with Crippen LogP contribution < -0.4 is 21.5 Å². The fraction of sp³-hybridized carbons (Fsp3) is 0.625. The number of pyridine rings is 1. The fourth-order valence-electron chi connectivity index (χ4n) is 2.16. The van der Waals surface area contributed by atoms with Gasteiger partial charge in [-0.2, -0.15) is 5.26 Å². The van der Waals surface area contributed by atoms with Crippen molar-refractivity contribution >= 4 is 0 Å². The first-order valence-corrected chi connectivity index (χ1v) is 7.26. The van der Waals surface area contributed by atoms with Crippen LogP contribution in [0.3, 0.4) is 0 Å². The standard InChI is InChI=1S/C16H25N2.BrH/c1-2-3-4-5-6-7-8-9-12-18-13-10-11-16(14-17)15-18;/h10-11,13,15H,2-9,12H2,1H3;1H/q+1;/p-1. The molecule has 0 radical (unpaired) electrons. The lowest BCUT2D eigenvalue weighted by atomic mass is 10.1. The molecule has 1 aromatic rings. The van der Waals surface area contributed by atoms with Crippen LogP contribution in [0.15, 0.2) is 24.5 Å². The van der Waals surface area contributed by atoms with E-state index in [1.807, 2.05) is 24.5 Å². The highest BCUT2D eigenvalue weighted by Gasteiger charge is 2.01. The molecule has 2 nitrogen and oxygen atoms in total. The van der Waals surface area contributed by atoms with Crippen LogP contribution in [-0.2, 0) is 6.54 Å². The molecular formula is C16H25BrN2. The topological polar surface area (TPSA) is 27.7 Å². The molecule has 0 aliphatic rings. The Morgan fingerprint density at radius 3 is 2.32 bits per heavy atom. The molecule has 0 bridgehead atoms. The van der Waals surface area contributed by atoms with Gasteiger partial charge in [0.05, 0.1) is 0 Å². The summed E-state index contributed by atoms with van der Waals surface area (Å²) in [5, 5.41) is 8.81. The largest absolute Gasteiger partial charge is 1.00 e. The first-order chi connectivity index (χ1) is 8.86. The summed E-state index contributed by atoms with van der Waals surface area (Å²) >= 11 is 0. The molecule has 1 aromatic heterocycles. The lowest BCUT2D eigenvalue weighted by molar-refractivity contribution is -0.697. The normalized spacial score (nSPS) is 9.68. The maximum Gasteiger partial charge on any atom is 0.186 e. The number of hydrogen-bond acceptors (Lipinski definition) is 1. The van der Waals surface area contributed by atoms with E-state index in [9.17, 15) is 0 Å². The summed E-state index contributed by atoms with van der Waals surface area (Å²) < 4.78 is 2.12. The van der Waals surface area contributed by atoms with Crippen molar-refractivity contribution in [2.75, 3.05) is 0 Å².